The van der Waals surface area contributed by atoms with Gasteiger partial charge in [-0.1, -0.05) is 38.8 Å². The minimum atomic E-state index is 0. The molecular formula is C26H18IrN4O. The maximum atomic E-state index is 5.76. The van der Waals surface area contributed by atoms with Crippen LogP contribution in [0.15, 0.2) is 95.9 Å². The third-order valence-electron chi connectivity index (χ3n) is 4.78. The predicted octanol–water partition coefficient (Wildman–Crippen LogP) is 5.27. The molecule has 0 aliphatic carbocycles. The molecule has 0 amide bonds. The van der Waals surface area contributed by atoms with Crippen LogP contribution in [0.25, 0.3) is 33.3 Å². The minimum absolute atomic E-state index is 0. The molecular weight excluding hydrogens is 577 g/mol. The van der Waals surface area contributed by atoms with E-state index in [2.05, 4.69) is 28.1 Å². The third-order valence-corrected chi connectivity index (χ3v) is 4.78. The standard InChI is InChI=1S/C15H10N3O.C11H8N.Ir/c1-17-7-8-18(10-17)11-4-5-12-13-3-2-6-16-15(13)19-14(12)9-11;1-2-6-10(7-3-1)11-8-4-5-9-12-11;/h2-3,5-9H,1H3;1-6,8-9H;/q+1;-1;. The average Bonchev–Trinajstić information content (AvgIpc) is 3.43. The van der Waals surface area contributed by atoms with Gasteiger partial charge in [0.15, 0.2) is 7.05 Å². The fourth-order valence-electron chi connectivity index (χ4n) is 3.29. The molecule has 157 valence electrons. The monoisotopic (exact) mass is 595 g/mol. The van der Waals surface area contributed by atoms with E-state index in [1.165, 1.54) is 0 Å². The van der Waals surface area contributed by atoms with E-state index in [1.807, 2.05) is 95.3 Å². The molecule has 0 saturated heterocycles. The van der Waals surface area contributed by atoms with Crippen molar-refractivity contribution in [1.29, 1.82) is 0 Å². The zero-order valence-corrected chi connectivity index (χ0v) is 19.6. The van der Waals surface area contributed by atoms with Gasteiger partial charge in [0.2, 0.25) is 11.9 Å². The van der Waals surface area contributed by atoms with Gasteiger partial charge in [0.05, 0.1) is 0 Å². The van der Waals surface area contributed by atoms with Crippen molar-refractivity contribution in [3.63, 3.8) is 0 Å². The first-order chi connectivity index (χ1) is 15.3. The van der Waals surface area contributed by atoms with Crippen LogP contribution < -0.4 is 0 Å². The van der Waals surface area contributed by atoms with Crippen LogP contribution >= 0.6 is 0 Å². The molecule has 0 N–H and O–H groups in total. The summed E-state index contributed by atoms with van der Waals surface area (Å²) in [6.07, 6.45) is 7.38. The van der Waals surface area contributed by atoms with Crippen molar-refractivity contribution in [3.8, 4) is 11.3 Å². The fraction of sp³-hybridized carbons (Fsp3) is 0.0385. The normalized spacial score (nSPS) is 12.0. The molecule has 0 unspecified atom stereocenters. The maximum Gasteiger partial charge on any atom is 0.493 e. The zero-order chi connectivity index (χ0) is 21.0. The Kier molecular flexibility index (Phi) is 6.48. The van der Waals surface area contributed by atoms with Crippen LogP contribution in [0.3, 0.4) is 0 Å². The van der Waals surface area contributed by atoms with E-state index < -0.39 is 0 Å². The quantitative estimate of drug-likeness (QED) is 0.207. The number of fused-ring (bicyclic) bond motifs is 3. The van der Waals surface area contributed by atoms with Crippen LogP contribution in [0.4, 0.5) is 5.69 Å². The van der Waals surface area contributed by atoms with E-state index >= 15 is 0 Å². The average molecular weight is 595 g/mol. The largest absolute Gasteiger partial charge is 0.493 e. The summed E-state index contributed by atoms with van der Waals surface area (Å²) in [5, 5.41) is 2.05. The smallest absolute Gasteiger partial charge is 0.465 e. The van der Waals surface area contributed by atoms with Gasteiger partial charge in [-0.15, -0.1) is 42.0 Å². The van der Waals surface area contributed by atoms with Crippen molar-refractivity contribution >= 4 is 33.8 Å². The summed E-state index contributed by atoms with van der Waals surface area (Å²) in [7, 11) is 1.93. The van der Waals surface area contributed by atoms with Gasteiger partial charge in [0.25, 0.3) is 6.20 Å². The Morgan fingerprint density at radius 1 is 0.906 bits per heavy atom. The van der Waals surface area contributed by atoms with Gasteiger partial charge in [0, 0.05) is 38.1 Å². The van der Waals surface area contributed by atoms with Gasteiger partial charge >= 0.3 is 6.01 Å². The minimum Gasteiger partial charge on any atom is -0.465 e. The number of furan rings is 1. The van der Waals surface area contributed by atoms with Crippen LogP contribution in [-0.2, 0) is 20.1 Å². The van der Waals surface area contributed by atoms with Gasteiger partial charge in [-0.3, -0.25) is 0 Å². The first kappa shape index (κ1) is 21.5. The summed E-state index contributed by atoms with van der Waals surface area (Å²) in [6, 6.07) is 31.0. The number of pyridine rings is 2. The molecule has 6 heteroatoms. The second-order valence-corrected chi connectivity index (χ2v) is 6.92. The topological polar surface area (TPSA) is 44.9 Å². The van der Waals surface area contributed by atoms with Gasteiger partial charge in [-0.05, 0) is 23.2 Å². The van der Waals surface area contributed by atoms with Crippen LogP contribution in [0.1, 0.15) is 0 Å². The molecule has 5 nitrogen and oxygen atoms in total. The molecule has 32 heavy (non-hydrogen) atoms. The van der Waals surface area contributed by atoms with Gasteiger partial charge in [0.1, 0.15) is 5.69 Å². The Hall–Kier alpha value is -3.69. The summed E-state index contributed by atoms with van der Waals surface area (Å²) in [4.78, 5) is 8.44. The molecule has 2 aromatic carbocycles. The Labute approximate surface area is 199 Å². The number of rotatable bonds is 2. The van der Waals surface area contributed by atoms with Crippen molar-refractivity contribution in [2.75, 3.05) is 7.05 Å². The van der Waals surface area contributed by atoms with Crippen molar-refractivity contribution in [1.82, 2.24) is 9.97 Å². The van der Waals surface area contributed by atoms with Gasteiger partial charge < -0.3 is 9.40 Å². The molecule has 3 aromatic heterocycles. The van der Waals surface area contributed by atoms with Gasteiger partial charge in [-0.2, -0.15) is 6.07 Å². The fourth-order valence-corrected chi connectivity index (χ4v) is 3.29. The third kappa shape index (κ3) is 4.48. The number of nitrogens with zero attached hydrogens (tertiary/aromatic N) is 4. The molecule has 1 aliphatic heterocycles. The van der Waals surface area contributed by atoms with E-state index in [9.17, 15) is 0 Å². The number of aromatic nitrogens is 2. The first-order valence-electron chi connectivity index (χ1n) is 9.82. The molecule has 4 heterocycles. The number of benzene rings is 2. The summed E-state index contributed by atoms with van der Waals surface area (Å²) in [5.74, 6) is 0. The van der Waals surface area contributed by atoms with Gasteiger partial charge in [-0.25, -0.2) is 4.98 Å². The van der Waals surface area contributed by atoms with Crippen molar-refractivity contribution in [2.45, 2.75) is 0 Å². The Bertz CT molecular complexity index is 1430. The van der Waals surface area contributed by atoms with Crippen LogP contribution in [-0.4, -0.2) is 32.2 Å². The maximum absolute atomic E-state index is 5.76. The molecule has 1 aliphatic rings. The molecule has 0 atom stereocenters. The Balaban J connectivity index is 0.000000164. The SMILES string of the molecule is C[N+]1=C=[N+](c2[c-]cc3c(c2)oc2ncccc23)C=C1.[Ir].[c-]1ccccc1-c1ccccn1. The summed E-state index contributed by atoms with van der Waals surface area (Å²) in [5.41, 5.74) is 4.38. The van der Waals surface area contributed by atoms with Crippen molar-refractivity contribution < 1.29 is 33.7 Å². The first-order valence-corrected chi connectivity index (χ1v) is 9.82. The number of hydrogen-bond acceptors (Lipinski definition) is 3. The molecule has 5 aromatic rings. The van der Waals surface area contributed by atoms with E-state index in [0.717, 1.165) is 33.3 Å². The van der Waals surface area contributed by atoms with Crippen LogP contribution in [0.2, 0.25) is 0 Å². The second-order valence-electron chi connectivity index (χ2n) is 6.92. The van der Waals surface area contributed by atoms with E-state index in [4.69, 9.17) is 4.42 Å². The van der Waals surface area contributed by atoms with E-state index in [1.54, 1.807) is 12.4 Å². The summed E-state index contributed by atoms with van der Waals surface area (Å²) >= 11 is 0. The van der Waals surface area contributed by atoms with Crippen molar-refractivity contribution in [2.24, 2.45) is 0 Å². The Morgan fingerprint density at radius 3 is 2.53 bits per heavy atom. The van der Waals surface area contributed by atoms with Crippen molar-refractivity contribution in [3.05, 3.63) is 104 Å². The molecule has 0 spiro atoms. The predicted molar refractivity (Wildman–Crippen MR) is 119 cm³/mol. The Morgan fingerprint density at radius 2 is 1.78 bits per heavy atom. The zero-order valence-electron chi connectivity index (χ0n) is 17.2. The van der Waals surface area contributed by atoms with E-state index in [-0.39, 0.29) is 20.1 Å². The summed E-state index contributed by atoms with van der Waals surface area (Å²) < 4.78 is 9.49. The molecule has 1 radical (unpaired) electrons. The van der Waals surface area contributed by atoms with E-state index in [0.29, 0.717) is 5.71 Å². The molecule has 0 saturated carbocycles. The molecule has 0 bridgehead atoms. The summed E-state index contributed by atoms with van der Waals surface area (Å²) in [6.45, 7) is 0. The van der Waals surface area contributed by atoms with Crippen LogP contribution in [0.5, 0.6) is 0 Å². The molecule has 0 fully saturated rings. The number of hydrogen-bond donors (Lipinski definition) is 0. The van der Waals surface area contributed by atoms with Crippen LogP contribution in [0, 0.1) is 12.1 Å². The second kappa shape index (κ2) is 9.63. The molecule has 6 rings (SSSR count).